The van der Waals surface area contributed by atoms with Gasteiger partial charge in [0, 0.05) is 17.9 Å². The van der Waals surface area contributed by atoms with Gasteiger partial charge in [-0.25, -0.2) is 0 Å². The Hall–Kier alpha value is -2.75. The molecule has 2 aromatic rings. The van der Waals surface area contributed by atoms with Crippen molar-refractivity contribution in [2.45, 2.75) is 6.42 Å². The van der Waals surface area contributed by atoms with Crippen LogP contribution in [0.25, 0.3) is 0 Å². The van der Waals surface area contributed by atoms with Crippen LogP contribution < -0.4 is 15.4 Å². The van der Waals surface area contributed by atoms with Crippen LogP contribution in [0.2, 0.25) is 0 Å². The highest BCUT2D eigenvalue weighted by atomic mass is 16.5. The molecule has 0 fully saturated rings. The number of carbonyl (C=O) groups excluding carboxylic acids is 1. The minimum Gasteiger partial charge on any atom is -0.497 e. The van der Waals surface area contributed by atoms with Gasteiger partial charge >= 0.3 is 0 Å². The van der Waals surface area contributed by atoms with E-state index < -0.39 is 0 Å². The average molecular weight is 296 g/mol. The van der Waals surface area contributed by atoms with Crippen molar-refractivity contribution in [3.05, 3.63) is 66.7 Å². The molecule has 4 nitrogen and oxygen atoms in total. The molecule has 0 saturated heterocycles. The maximum absolute atomic E-state index is 12.0. The zero-order chi connectivity index (χ0) is 15.8. The molecule has 0 saturated carbocycles. The Bertz CT molecular complexity index is 619. The molecule has 4 heteroatoms. The summed E-state index contributed by atoms with van der Waals surface area (Å²) in [4.78, 5) is 12.0. The van der Waals surface area contributed by atoms with Crippen LogP contribution in [-0.2, 0) is 11.2 Å². The molecular weight excluding hydrogens is 276 g/mol. The Morgan fingerprint density at radius 3 is 2.32 bits per heavy atom. The van der Waals surface area contributed by atoms with Crippen molar-refractivity contribution in [3.63, 3.8) is 0 Å². The van der Waals surface area contributed by atoms with Crippen LogP contribution in [0.5, 0.6) is 5.75 Å². The van der Waals surface area contributed by atoms with Gasteiger partial charge in [-0.05, 0) is 42.0 Å². The fourth-order valence-electron chi connectivity index (χ4n) is 2.00. The Kier molecular flexibility index (Phi) is 5.60. The number of methoxy groups -OCH3 is 1. The van der Waals surface area contributed by atoms with Crippen molar-refractivity contribution < 1.29 is 9.53 Å². The predicted octanol–water partition coefficient (Wildman–Crippen LogP) is 3.47. The molecule has 0 aliphatic carbocycles. The molecule has 2 N–H and O–H groups in total. The first kappa shape index (κ1) is 15.6. The lowest BCUT2D eigenvalue weighted by Gasteiger charge is -2.08. The molecule has 1 amide bonds. The number of hydrogen-bond donors (Lipinski definition) is 2. The number of ether oxygens (including phenoxy) is 1. The van der Waals surface area contributed by atoms with Crippen molar-refractivity contribution in [1.82, 2.24) is 0 Å². The van der Waals surface area contributed by atoms with E-state index in [0.29, 0.717) is 13.0 Å². The van der Waals surface area contributed by atoms with Gasteiger partial charge in [0.2, 0.25) is 5.91 Å². The molecule has 0 spiro atoms. The number of nitrogens with one attached hydrogen (secondary N) is 2. The molecule has 114 valence electrons. The molecule has 0 aromatic heterocycles. The molecule has 0 aliphatic rings. The molecule has 22 heavy (non-hydrogen) atoms. The summed E-state index contributed by atoms with van der Waals surface area (Å²) in [6.07, 6.45) is 2.13. The standard InChI is InChI=1S/C18H20N2O2/c1-3-12-19-15-6-8-16(9-7-15)20-18(21)13-14-4-10-17(22-2)11-5-14/h3-11,19H,1,12-13H2,2H3,(H,20,21). The van der Waals surface area contributed by atoms with Gasteiger partial charge in [0.25, 0.3) is 0 Å². The van der Waals surface area contributed by atoms with Gasteiger partial charge in [-0.3, -0.25) is 4.79 Å². The largest absolute Gasteiger partial charge is 0.497 e. The molecule has 2 rings (SSSR count). The number of carbonyl (C=O) groups is 1. The zero-order valence-electron chi connectivity index (χ0n) is 12.6. The van der Waals surface area contributed by atoms with E-state index in [1.165, 1.54) is 0 Å². The number of rotatable bonds is 7. The summed E-state index contributed by atoms with van der Waals surface area (Å²) < 4.78 is 5.10. The first-order valence-electron chi connectivity index (χ1n) is 7.09. The molecule has 0 atom stereocenters. The first-order valence-corrected chi connectivity index (χ1v) is 7.09. The predicted molar refractivity (Wildman–Crippen MR) is 90.5 cm³/mol. The van der Waals surface area contributed by atoms with Crippen LogP contribution in [0.4, 0.5) is 11.4 Å². The van der Waals surface area contributed by atoms with Crippen LogP contribution in [0.3, 0.4) is 0 Å². The fraction of sp³-hybridized carbons (Fsp3) is 0.167. The van der Waals surface area contributed by atoms with E-state index in [9.17, 15) is 4.79 Å². The second kappa shape index (κ2) is 7.88. The number of hydrogen-bond acceptors (Lipinski definition) is 3. The molecular formula is C18H20N2O2. The van der Waals surface area contributed by atoms with E-state index in [4.69, 9.17) is 4.74 Å². The lowest BCUT2D eigenvalue weighted by Crippen LogP contribution is -2.14. The summed E-state index contributed by atoms with van der Waals surface area (Å²) >= 11 is 0. The third-order valence-corrected chi connectivity index (χ3v) is 3.14. The smallest absolute Gasteiger partial charge is 0.228 e. The highest BCUT2D eigenvalue weighted by Gasteiger charge is 2.04. The van der Waals surface area contributed by atoms with Crippen LogP contribution in [0, 0.1) is 0 Å². The van der Waals surface area contributed by atoms with Gasteiger partial charge in [-0.15, -0.1) is 6.58 Å². The lowest BCUT2D eigenvalue weighted by molar-refractivity contribution is -0.115. The highest BCUT2D eigenvalue weighted by molar-refractivity contribution is 5.92. The highest BCUT2D eigenvalue weighted by Crippen LogP contribution is 2.15. The number of amides is 1. The second-order valence-electron chi connectivity index (χ2n) is 4.82. The third kappa shape index (κ3) is 4.66. The summed E-state index contributed by atoms with van der Waals surface area (Å²) in [7, 11) is 1.62. The van der Waals surface area contributed by atoms with Gasteiger partial charge in [0.05, 0.1) is 13.5 Å². The lowest BCUT2D eigenvalue weighted by atomic mass is 10.1. The molecule has 2 aromatic carbocycles. The number of anilines is 2. The van der Waals surface area contributed by atoms with Crippen molar-refractivity contribution in [2.24, 2.45) is 0 Å². The Morgan fingerprint density at radius 1 is 1.09 bits per heavy atom. The van der Waals surface area contributed by atoms with E-state index in [-0.39, 0.29) is 5.91 Å². The van der Waals surface area contributed by atoms with Crippen molar-refractivity contribution in [2.75, 3.05) is 24.3 Å². The van der Waals surface area contributed by atoms with Crippen molar-refractivity contribution in [1.29, 1.82) is 0 Å². The van der Waals surface area contributed by atoms with Crippen LogP contribution in [-0.4, -0.2) is 19.6 Å². The summed E-state index contributed by atoms with van der Waals surface area (Å²) in [6.45, 7) is 4.37. The summed E-state index contributed by atoms with van der Waals surface area (Å²) in [5, 5.41) is 6.07. The maximum Gasteiger partial charge on any atom is 0.228 e. The van der Waals surface area contributed by atoms with E-state index in [1.807, 2.05) is 48.5 Å². The molecule has 0 aliphatic heterocycles. The Labute approximate surface area is 130 Å². The maximum atomic E-state index is 12.0. The summed E-state index contributed by atoms with van der Waals surface area (Å²) in [6, 6.07) is 15.1. The average Bonchev–Trinajstić information content (AvgIpc) is 2.55. The van der Waals surface area contributed by atoms with Crippen LogP contribution >= 0.6 is 0 Å². The zero-order valence-corrected chi connectivity index (χ0v) is 12.6. The summed E-state index contributed by atoms with van der Waals surface area (Å²) in [5.41, 5.74) is 2.72. The van der Waals surface area contributed by atoms with Gasteiger partial charge in [-0.1, -0.05) is 18.2 Å². The van der Waals surface area contributed by atoms with Crippen LogP contribution in [0.1, 0.15) is 5.56 Å². The monoisotopic (exact) mass is 296 g/mol. The quantitative estimate of drug-likeness (QED) is 0.769. The third-order valence-electron chi connectivity index (χ3n) is 3.14. The molecule has 0 unspecified atom stereocenters. The van der Waals surface area contributed by atoms with Gasteiger partial charge in [0.15, 0.2) is 0 Å². The van der Waals surface area contributed by atoms with Gasteiger partial charge in [-0.2, -0.15) is 0 Å². The van der Waals surface area contributed by atoms with Gasteiger partial charge < -0.3 is 15.4 Å². The van der Waals surface area contributed by atoms with E-state index >= 15 is 0 Å². The Balaban J connectivity index is 1.89. The second-order valence-corrected chi connectivity index (χ2v) is 4.82. The topological polar surface area (TPSA) is 50.4 Å². The Morgan fingerprint density at radius 2 is 1.73 bits per heavy atom. The number of benzene rings is 2. The minimum absolute atomic E-state index is 0.0445. The SMILES string of the molecule is C=CCNc1ccc(NC(=O)Cc2ccc(OC)cc2)cc1. The normalized spacial score (nSPS) is 9.86. The van der Waals surface area contributed by atoms with E-state index in [2.05, 4.69) is 17.2 Å². The first-order chi connectivity index (χ1) is 10.7. The molecule has 0 heterocycles. The van der Waals surface area contributed by atoms with E-state index in [0.717, 1.165) is 22.7 Å². The molecule has 0 bridgehead atoms. The van der Waals surface area contributed by atoms with Crippen molar-refractivity contribution >= 4 is 17.3 Å². The van der Waals surface area contributed by atoms with Gasteiger partial charge in [0.1, 0.15) is 5.75 Å². The fourth-order valence-corrected chi connectivity index (χ4v) is 2.00. The molecule has 0 radical (unpaired) electrons. The van der Waals surface area contributed by atoms with E-state index in [1.54, 1.807) is 13.2 Å². The van der Waals surface area contributed by atoms with Crippen LogP contribution in [0.15, 0.2) is 61.2 Å². The van der Waals surface area contributed by atoms with Crippen molar-refractivity contribution in [3.8, 4) is 5.75 Å². The minimum atomic E-state index is -0.0445. The summed E-state index contributed by atoms with van der Waals surface area (Å²) in [5.74, 6) is 0.740.